The molecule has 1 aromatic rings. The average Bonchev–Trinajstić information content (AvgIpc) is 2.43. The van der Waals surface area contributed by atoms with Crippen molar-refractivity contribution in [1.82, 2.24) is 0 Å². The van der Waals surface area contributed by atoms with Crippen LogP contribution in [0.5, 0.6) is 0 Å². The topological polar surface area (TPSA) is 71.4 Å². The Kier molecular flexibility index (Phi) is 12.1. The van der Waals surface area contributed by atoms with Gasteiger partial charge in [0.05, 0.1) is 0 Å². The van der Waals surface area contributed by atoms with Crippen molar-refractivity contribution in [3.63, 3.8) is 0 Å². The molecule has 0 aromatic heterocycles. The van der Waals surface area contributed by atoms with E-state index in [1.165, 1.54) is 25.7 Å². The van der Waals surface area contributed by atoms with Gasteiger partial charge in [-0.25, -0.2) is 0 Å². The predicted octanol–water partition coefficient (Wildman–Crippen LogP) is 4.08. The van der Waals surface area contributed by atoms with Crippen molar-refractivity contribution < 1.29 is 16.0 Å². The predicted molar refractivity (Wildman–Crippen MR) is 87.6 cm³/mol. The molecule has 0 spiro atoms. The molecule has 0 aliphatic rings. The van der Waals surface area contributed by atoms with Crippen LogP contribution < -0.4 is 0 Å². The Hall–Kier alpha value is -0.271. The molecule has 1 rings (SSSR count). The van der Waals surface area contributed by atoms with Gasteiger partial charge in [-0.3, -0.25) is 4.55 Å². The maximum absolute atomic E-state index is 11.2. The van der Waals surface area contributed by atoms with Crippen molar-refractivity contribution in [3.05, 3.63) is 35.9 Å². The van der Waals surface area contributed by atoms with Crippen LogP contribution >= 0.6 is 0 Å². The van der Waals surface area contributed by atoms with Crippen LogP contribution in [0.2, 0.25) is 8.87 Å². The summed E-state index contributed by atoms with van der Waals surface area (Å²) in [5.41, 5.74) is 0.593. The minimum atomic E-state index is -3.88. The summed E-state index contributed by atoms with van der Waals surface area (Å²) in [7, 11) is -3.88. The van der Waals surface area contributed by atoms with Gasteiger partial charge in [-0.05, 0) is 5.56 Å². The Labute approximate surface area is 135 Å². The van der Waals surface area contributed by atoms with Gasteiger partial charge in [0.25, 0.3) is 10.1 Å². The fourth-order valence-corrected chi connectivity index (χ4v) is 7.25. The van der Waals surface area contributed by atoms with E-state index in [2.05, 4.69) is 13.8 Å². The van der Waals surface area contributed by atoms with E-state index in [9.17, 15) is 11.5 Å². The van der Waals surface area contributed by atoms with Crippen LogP contribution in [0.1, 0.15) is 45.1 Å². The van der Waals surface area contributed by atoms with E-state index >= 15 is 0 Å². The van der Waals surface area contributed by atoms with Crippen molar-refractivity contribution in [2.75, 3.05) is 0 Å². The first-order chi connectivity index (χ1) is 9.89. The second kappa shape index (κ2) is 12.3. The first kappa shape index (κ1) is 20.7. The molecule has 4 nitrogen and oxygen atoms in total. The van der Waals surface area contributed by atoms with Crippen molar-refractivity contribution in [2.45, 2.75) is 54.2 Å². The van der Waals surface area contributed by atoms with E-state index in [1.807, 2.05) is 0 Å². The molecule has 1 N–H and O–H groups in total. The normalized spacial score (nSPS) is 10.6. The second-order valence-electron chi connectivity index (χ2n) is 4.96. The Balaban J connectivity index is 0.000000384. The molecule has 0 heterocycles. The fourth-order valence-electron chi connectivity index (χ4n) is 1.66. The average molecular weight is 421 g/mol. The summed E-state index contributed by atoms with van der Waals surface area (Å²) in [5.74, 6) is -0.312. The van der Waals surface area contributed by atoms with Crippen molar-refractivity contribution in [2.24, 2.45) is 0 Å². The van der Waals surface area contributed by atoms with Crippen LogP contribution in [0.15, 0.2) is 30.3 Å². The summed E-state index contributed by atoms with van der Waals surface area (Å²) < 4.78 is 42.6. The fraction of sp³-hybridized carbons (Fsp3) is 0.600. The van der Waals surface area contributed by atoms with Crippen molar-refractivity contribution in [1.29, 1.82) is 0 Å². The molecule has 0 saturated carbocycles. The second-order valence-corrected chi connectivity index (χ2v) is 12.3. The van der Waals surface area contributed by atoms with E-state index < -0.39 is 29.9 Å². The van der Waals surface area contributed by atoms with Crippen LogP contribution in [-0.2, 0) is 18.9 Å². The van der Waals surface area contributed by atoms with Gasteiger partial charge >= 0.3 is 71.2 Å². The van der Waals surface area contributed by atoms with E-state index in [0.29, 0.717) is 5.56 Å². The molecule has 6 heteroatoms. The zero-order valence-electron chi connectivity index (χ0n) is 12.9. The molecule has 0 aliphatic heterocycles. The molecular weight excluding hydrogens is 395 g/mol. The van der Waals surface area contributed by atoms with Gasteiger partial charge in [-0.15, -0.1) is 0 Å². The third-order valence-electron chi connectivity index (χ3n) is 2.81. The van der Waals surface area contributed by atoms with Gasteiger partial charge in [0, 0.05) is 0 Å². The first-order valence-corrected chi connectivity index (χ1v) is 14.2. The third-order valence-corrected chi connectivity index (χ3v) is 8.71. The smallest absolute Gasteiger partial charge is 0.269 e. The molecule has 0 saturated heterocycles. The van der Waals surface area contributed by atoms with E-state index in [0.717, 1.165) is 8.87 Å². The van der Waals surface area contributed by atoms with Gasteiger partial charge in [0.1, 0.15) is 5.75 Å². The summed E-state index contributed by atoms with van der Waals surface area (Å²) >= 11 is -1.99. The molecule has 0 fully saturated rings. The third kappa shape index (κ3) is 14.4. The maximum Gasteiger partial charge on any atom is 0.269 e. The minimum Gasteiger partial charge on any atom is -0.285 e. The quantitative estimate of drug-likeness (QED) is 0.507. The molecule has 1 aromatic carbocycles. The molecular formula is C15H26O4SSn. The molecule has 0 amide bonds. The Morgan fingerprint density at radius 1 is 1.00 bits per heavy atom. The van der Waals surface area contributed by atoms with Gasteiger partial charge in [0.2, 0.25) is 0 Å². The number of unbranched alkanes of at least 4 members (excludes halogenated alkanes) is 2. The van der Waals surface area contributed by atoms with Crippen molar-refractivity contribution >= 4 is 29.9 Å². The SMILES string of the molecule is CCC[CH2][Sn](=[O])[CH2]CCC.O=S(=O)(O)Cc1ccccc1. The van der Waals surface area contributed by atoms with Crippen LogP contribution in [0.25, 0.3) is 0 Å². The molecule has 21 heavy (non-hydrogen) atoms. The summed E-state index contributed by atoms with van der Waals surface area (Å²) in [6, 6.07) is 8.52. The zero-order chi connectivity index (χ0) is 16.1. The standard InChI is InChI=1S/C7H8O3S.2C4H9.O.Sn/c8-11(9,10)6-7-4-2-1-3-5-7;2*1-3-4-2;;/h1-5H,6H2,(H,8,9,10);2*1,3-4H2,2H3;;. The number of rotatable bonds is 8. The zero-order valence-corrected chi connectivity index (χ0v) is 16.6. The molecule has 0 bridgehead atoms. The summed E-state index contributed by atoms with van der Waals surface area (Å²) in [6.45, 7) is 4.33. The molecule has 120 valence electrons. The molecule has 0 atom stereocenters. The van der Waals surface area contributed by atoms with E-state index in [-0.39, 0.29) is 5.75 Å². The van der Waals surface area contributed by atoms with Gasteiger partial charge in [-0.1, -0.05) is 30.3 Å². The van der Waals surface area contributed by atoms with Gasteiger partial charge in [0.15, 0.2) is 0 Å². The summed E-state index contributed by atoms with van der Waals surface area (Å²) in [6.07, 6.45) is 4.81. The van der Waals surface area contributed by atoms with E-state index in [1.54, 1.807) is 30.3 Å². The Morgan fingerprint density at radius 2 is 1.48 bits per heavy atom. The van der Waals surface area contributed by atoms with Gasteiger partial charge < -0.3 is 0 Å². The molecule has 0 radical (unpaired) electrons. The Morgan fingerprint density at radius 3 is 1.86 bits per heavy atom. The number of hydrogen-bond donors (Lipinski definition) is 1. The van der Waals surface area contributed by atoms with Crippen LogP contribution in [0, 0.1) is 0 Å². The monoisotopic (exact) mass is 422 g/mol. The first-order valence-electron chi connectivity index (χ1n) is 7.39. The van der Waals surface area contributed by atoms with Gasteiger partial charge in [-0.2, -0.15) is 8.42 Å². The summed E-state index contributed by atoms with van der Waals surface area (Å²) in [5, 5.41) is 0. The maximum atomic E-state index is 11.2. The van der Waals surface area contributed by atoms with E-state index in [4.69, 9.17) is 4.55 Å². The largest absolute Gasteiger partial charge is 0.285 e. The van der Waals surface area contributed by atoms with Crippen molar-refractivity contribution in [3.8, 4) is 0 Å². The molecule has 0 aliphatic carbocycles. The molecule has 0 unspecified atom stereocenters. The van der Waals surface area contributed by atoms with Crippen LogP contribution in [0.3, 0.4) is 0 Å². The van der Waals surface area contributed by atoms with Crippen LogP contribution in [0.4, 0.5) is 0 Å². The minimum absolute atomic E-state index is 0.312. The number of hydrogen-bond acceptors (Lipinski definition) is 3. The Bertz CT molecular complexity index is 476. The number of benzene rings is 1. The van der Waals surface area contributed by atoms with Crippen LogP contribution in [-0.4, -0.2) is 32.7 Å². The summed E-state index contributed by atoms with van der Waals surface area (Å²) in [4.78, 5) is 0.